The molecule has 1 atom stereocenters. The van der Waals surface area contributed by atoms with Crippen molar-refractivity contribution in [1.82, 2.24) is 10.1 Å². The number of aromatic nitrogens is 1. The van der Waals surface area contributed by atoms with Crippen molar-refractivity contribution in [2.75, 3.05) is 13.1 Å². The molecule has 0 bridgehead atoms. The van der Waals surface area contributed by atoms with Gasteiger partial charge in [0.05, 0.1) is 5.92 Å². The van der Waals surface area contributed by atoms with Crippen molar-refractivity contribution < 1.29 is 18.5 Å². The Labute approximate surface area is 132 Å². The van der Waals surface area contributed by atoms with Gasteiger partial charge in [-0.25, -0.2) is 4.39 Å². The molecule has 1 aromatic heterocycles. The number of nitrogens with zero attached hydrogens (tertiary/aromatic N) is 2. The highest BCUT2D eigenvalue weighted by Gasteiger charge is 2.33. The summed E-state index contributed by atoms with van der Waals surface area (Å²) >= 11 is 0. The number of primary amides is 1. The predicted octanol–water partition coefficient (Wildman–Crippen LogP) is 1.74. The molecule has 0 aliphatic carbocycles. The summed E-state index contributed by atoms with van der Waals surface area (Å²) in [5, 5.41) is 3.93. The molecule has 1 aromatic carbocycles. The van der Waals surface area contributed by atoms with Gasteiger partial charge >= 0.3 is 0 Å². The lowest BCUT2D eigenvalue weighted by Gasteiger charge is -2.16. The summed E-state index contributed by atoms with van der Waals surface area (Å²) in [6.45, 7) is 2.40. The fourth-order valence-corrected chi connectivity index (χ4v) is 2.76. The molecular weight excluding hydrogens is 301 g/mol. The van der Waals surface area contributed by atoms with Gasteiger partial charge in [-0.1, -0.05) is 5.16 Å². The van der Waals surface area contributed by atoms with E-state index < -0.39 is 5.91 Å². The molecule has 1 saturated heterocycles. The number of nitrogens with two attached hydrogens (primary N) is 1. The molecule has 7 heteroatoms. The van der Waals surface area contributed by atoms with Crippen molar-refractivity contribution >= 4 is 11.8 Å². The van der Waals surface area contributed by atoms with Crippen molar-refractivity contribution in [3.8, 4) is 11.3 Å². The van der Waals surface area contributed by atoms with E-state index in [4.69, 9.17) is 10.3 Å². The Morgan fingerprint density at radius 2 is 2.04 bits per heavy atom. The lowest BCUT2D eigenvalue weighted by molar-refractivity contribution is -0.121. The molecule has 2 amide bonds. The molecule has 120 valence electrons. The maximum absolute atomic E-state index is 13.1. The minimum absolute atomic E-state index is 0.258. The van der Waals surface area contributed by atoms with E-state index in [0.29, 0.717) is 42.1 Å². The fourth-order valence-electron chi connectivity index (χ4n) is 2.76. The van der Waals surface area contributed by atoms with Crippen LogP contribution in [0.5, 0.6) is 0 Å². The molecule has 0 saturated carbocycles. The first kappa shape index (κ1) is 15.2. The van der Waals surface area contributed by atoms with E-state index in [1.165, 1.54) is 12.1 Å². The summed E-state index contributed by atoms with van der Waals surface area (Å²) in [6, 6.07) is 5.68. The number of hydrogen-bond donors (Lipinski definition) is 1. The van der Waals surface area contributed by atoms with Gasteiger partial charge in [0.1, 0.15) is 22.8 Å². The molecule has 1 fully saturated rings. The van der Waals surface area contributed by atoms with E-state index in [9.17, 15) is 14.0 Å². The van der Waals surface area contributed by atoms with E-state index in [0.717, 1.165) is 0 Å². The van der Waals surface area contributed by atoms with Gasteiger partial charge in [0, 0.05) is 18.7 Å². The first-order valence-corrected chi connectivity index (χ1v) is 7.28. The summed E-state index contributed by atoms with van der Waals surface area (Å²) in [5.74, 6) is -0.969. The summed E-state index contributed by atoms with van der Waals surface area (Å²) < 4.78 is 18.2. The first-order chi connectivity index (χ1) is 11.0. The Kier molecular flexibility index (Phi) is 3.85. The zero-order valence-electron chi connectivity index (χ0n) is 12.6. The third kappa shape index (κ3) is 2.81. The van der Waals surface area contributed by atoms with Crippen LogP contribution in [0.1, 0.15) is 22.5 Å². The van der Waals surface area contributed by atoms with Crippen LogP contribution in [0.3, 0.4) is 0 Å². The van der Waals surface area contributed by atoms with Crippen molar-refractivity contribution in [1.29, 1.82) is 0 Å². The minimum atomic E-state index is -0.402. The second kappa shape index (κ2) is 5.83. The molecule has 2 heterocycles. The zero-order valence-corrected chi connectivity index (χ0v) is 12.6. The number of halogens is 1. The molecular formula is C16H16FN3O3. The third-order valence-corrected chi connectivity index (χ3v) is 4.07. The summed E-state index contributed by atoms with van der Waals surface area (Å²) in [4.78, 5) is 25.6. The average molecular weight is 317 g/mol. The highest BCUT2D eigenvalue weighted by Crippen LogP contribution is 2.28. The van der Waals surface area contributed by atoms with Crippen molar-refractivity contribution in [3.05, 3.63) is 41.4 Å². The Hall–Kier alpha value is -2.70. The summed E-state index contributed by atoms with van der Waals surface area (Å²) in [6.07, 6.45) is 0.553. The highest BCUT2D eigenvalue weighted by molar-refractivity contribution is 6.01. The number of rotatable bonds is 3. The monoisotopic (exact) mass is 317 g/mol. The molecule has 3 rings (SSSR count). The second-order valence-electron chi connectivity index (χ2n) is 5.61. The maximum Gasteiger partial charge on any atom is 0.259 e. The number of carbonyl (C=O) groups excluding carboxylic acids is 2. The van der Waals surface area contributed by atoms with Gasteiger partial charge in [-0.15, -0.1) is 0 Å². The van der Waals surface area contributed by atoms with Gasteiger partial charge in [0.2, 0.25) is 5.91 Å². The first-order valence-electron chi connectivity index (χ1n) is 7.28. The standard InChI is InChI=1S/C16H16FN3O3/c1-9-13(16(22)20-7-6-11(8-20)15(18)21)14(19-23-9)10-2-4-12(17)5-3-10/h2-5,11H,6-8H2,1H3,(H2,18,21). The van der Waals surface area contributed by atoms with E-state index in [1.807, 2.05) is 0 Å². The van der Waals surface area contributed by atoms with Gasteiger partial charge in [-0.05, 0) is 37.6 Å². The van der Waals surface area contributed by atoms with E-state index in [2.05, 4.69) is 5.16 Å². The SMILES string of the molecule is Cc1onc(-c2ccc(F)cc2)c1C(=O)N1CCC(C(N)=O)C1. The van der Waals surface area contributed by atoms with E-state index in [1.54, 1.807) is 24.0 Å². The number of hydrogen-bond acceptors (Lipinski definition) is 4. The van der Waals surface area contributed by atoms with Crippen LogP contribution in [0.15, 0.2) is 28.8 Å². The van der Waals surface area contributed by atoms with Crippen LogP contribution in [0.4, 0.5) is 4.39 Å². The Morgan fingerprint density at radius 1 is 1.35 bits per heavy atom. The Balaban J connectivity index is 1.91. The van der Waals surface area contributed by atoms with Crippen LogP contribution >= 0.6 is 0 Å². The molecule has 1 aliphatic rings. The topological polar surface area (TPSA) is 89.4 Å². The molecule has 1 aliphatic heterocycles. The minimum Gasteiger partial charge on any atom is -0.369 e. The van der Waals surface area contributed by atoms with Crippen LogP contribution in [0, 0.1) is 18.7 Å². The van der Waals surface area contributed by atoms with Crippen LogP contribution in [0.2, 0.25) is 0 Å². The van der Waals surface area contributed by atoms with Crippen LogP contribution in [-0.2, 0) is 4.79 Å². The normalized spacial score (nSPS) is 17.5. The molecule has 2 N–H and O–H groups in total. The van der Waals surface area contributed by atoms with Crippen molar-refractivity contribution in [2.45, 2.75) is 13.3 Å². The largest absolute Gasteiger partial charge is 0.369 e. The Bertz CT molecular complexity index is 754. The molecule has 23 heavy (non-hydrogen) atoms. The van der Waals surface area contributed by atoms with Crippen molar-refractivity contribution in [3.63, 3.8) is 0 Å². The fraction of sp³-hybridized carbons (Fsp3) is 0.312. The molecule has 1 unspecified atom stereocenters. The van der Waals surface area contributed by atoms with E-state index in [-0.39, 0.29) is 17.6 Å². The van der Waals surface area contributed by atoms with E-state index >= 15 is 0 Å². The molecule has 2 aromatic rings. The summed E-state index contributed by atoms with van der Waals surface area (Å²) in [7, 11) is 0. The van der Waals surface area contributed by atoms with Gasteiger partial charge in [0.15, 0.2) is 0 Å². The molecule has 0 radical (unpaired) electrons. The van der Waals surface area contributed by atoms with Gasteiger partial charge < -0.3 is 15.2 Å². The average Bonchev–Trinajstić information content (AvgIpc) is 3.14. The highest BCUT2D eigenvalue weighted by atomic mass is 19.1. The second-order valence-corrected chi connectivity index (χ2v) is 5.61. The number of benzene rings is 1. The molecule has 6 nitrogen and oxygen atoms in total. The predicted molar refractivity (Wildman–Crippen MR) is 79.8 cm³/mol. The van der Waals surface area contributed by atoms with Crippen LogP contribution in [-0.4, -0.2) is 35.0 Å². The lowest BCUT2D eigenvalue weighted by Crippen LogP contribution is -2.32. The van der Waals surface area contributed by atoms with Gasteiger partial charge in [-0.2, -0.15) is 0 Å². The number of carbonyl (C=O) groups is 2. The van der Waals surface area contributed by atoms with Crippen molar-refractivity contribution in [2.24, 2.45) is 11.7 Å². The lowest BCUT2D eigenvalue weighted by atomic mass is 10.1. The molecule has 0 spiro atoms. The van der Waals surface area contributed by atoms with Gasteiger partial charge in [0.25, 0.3) is 5.91 Å². The zero-order chi connectivity index (χ0) is 16.6. The maximum atomic E-state index is 13.1. The smallest absolute Gasteiger partial charge is 0.259 e. The quantitative estimate of drug-likeness (QED) is 0.933. The number of likely N-dealkylation sites (tertiary alicyclic amines) is 1. The summed E-state index contributed by atoms with van der Waals surface area (Å²) in [5.41, 5.74) is 6.60. The Morgan fingerprint density at radius 3 is 2.65 bits per heavy atom. The number of amides is 2. The third-order valence-electron chi connectivity index (χ3n) is 4.07. The van der Waals surface area contributed by atoms with Gasteiger partial charge in [-0.3, -0.25) is 9.59 Å². The number of aryl methyl sites for hydroxylation is 1. The van der Waals surface area contributed by atoms with Crippen LogP contribution in [0.25, 0.3) is 11.3 Å². The van der Waals surface area contributed by atoms with Crippen LogP contribution < -0.4 is 5.73 Å².